The van der Waals surface area contributed by atoms with Crippen LogP contribution in [0.1, 0.15) is 110 Å². The number of Topliss-reactive ketones (excluding diaryl/α,β-unsaturated/α-hetero) is 2. The molecule has 0 fully saturated rings. The first kappa shape index (κ1) is 49.9. The molecular weight excluding hydrogens is 1040 g/mol. The number of benzene rings is 8. The zero-order valence-electron chi connectivity index (χ0n) is 44.9. The van der Waals surface area contributed by atoms with Crippen molar-refractivity contribution in [2.45, 2.75) is 38.5 Å². The first-order chi connectivity index (χ1) is 39.9. The predicted octanol–water partition coefficient (Wildman–Crippen LogP) is 17.1. The van der Waals surface area contributed by atoms with E-state index in [-0.39, 0.29) is 22.7 Å². The summed E-state index contributed by atoms with van der Waals surface area (Å²) in [5, 5.41) is 41.0. The lowest BCUT2D eigenvalue weighted by Gasteiger charge is -2.34. The molecule has 82 heavy (non-hydrogen) atoms. The molecule has 0 saturated heterocycles. The summed E-state index contributed by atoms with van der Waals surface area (Å²) in [7, 11) is 0. The summed E-state index contributed by atoms with van der Waals surface area (Å²) in [6.07, 6.45) is 3.71. The fourth-order valence-corrected chi connectivity index (χ4v) is 16.5. The lowest BCUT2D eigenvalue weighted by Crippen LogP contribution is -2.29. The van der Waals surface area contributed by atoms with Crippen molar-refractivity contribution in [3.63, 3.8) is 0 Å². The number of nitriles is 4. The van der Waals surface area contributed by atoms with Crippen molar-refractivity contribution in [3.8, 4) is 45.2 Å². The van der Waals surface area contributed by atoms with Gasteiger partial charge in [0.2, 0.25) is 0 Å². The summed E-state index contributed by atoms with van der Waals surface area (Å²) in [6.45, 7) is 8.43. The standard InChI is InChI=1S/C74H44N4O2S2/c1-41-13-23-49(24-14-41)73(50-25-15-42(2)16-26-50)61-35-45(33-59-63(47(37-75)38-76)53-9-5-7-11-55(53)67(59)79)21-31-57(61)69-65(73)71-72(81-69)66-70(82-71)58-32-22-46(34-60-64(48(39-77)40-78)54-10-6-8-12-56(54)68(60)80)36-62(58)74(66,51-27-17-43(3)18-28-51)52-29-19-44(4)20-30-52/h5-36H,1-4H3. The summed E-state index contributed by atoms with van der Waals surface area (Å²) >= 11 is 3.64. The molecule has 0 N–H and O–H groups in total. The van der Waals surface area contributed by atoms with Crippen LogP contribution in [0.4, 0.5) is 0 Å². The van der Waals surface area contributed by atoms with Crippen LogP contribution in [0.15, 0.2) is 204 Å². The van der Waals surface area contributed by atoms with Crippen molar-refractivity contribution in [3.05, 3.63) is 304 Å². The van der Waals surface area contributed by atoms with E-state index in [0.29, 0.717) is 44.5 Å². The third-order valence-corrected chi connectivity index (χ3v) is 19.7. The highest BCUT2D eigenvalue weighted by atomic mass is 32.1. The molecule has 10 aromatic rings. The summed E-state index contributed by atoms with van der Waals surface area (Å²) < 4.78 is 2.35. The minimum Gasteiger partial charge on any atom is -0.289 e. The highest BCUT2D eigenvalue weighted by Gasteiger charge is 2.54. The molecule has 6 nitrogen and oxygen atoms in total. The number of allylic oxidation sites excluding steroid dienone is 6. The van der Waals surface area contributed by atoms with Gasteiger partial charge in [0, 0.05) is 54.3 Å². The minimum atomic E-state index is -0.860. The van der Waals surface area contributed by atoms with Gasteiger partial charge in [0.15, 0.2) is 11.6 Å². The first-order valence-corrected chi connectivity index (χ1v) is 28.6. The molecule has 0 unspecified atom stereocenters. The monoisotopic (exact) mass is 1080 g/mol. The molecule has 0 radical (unpaired) electrons. The van der Waals surface area contributed by atoms with E-state index >= 15 is 0 Å². The summed E-state index contributed by atoms with van der Waals surface area (Å²) in [5.74, 6) is -0.459. The molecule has 4 aliphatic carbocycles. The molecule has 0 amide bonds. The first-order valence-electron chi connectivity index (χ1n) is 26.9. The fourth-order valence-electron chi connectivity index (χ4n) is 13.4. The van der Waals surface area contributed by atoms with Gasteiger partial charge in [-0.25, -0.2) is 0 Å². The Labute approximate surface area is 482 Å². The van der Waals surface area contributed by atoms with Crippen molar-refractivity contribution in [1.29, 1.82) is 21.0 Å². The van der Waals surface area contributed by atoms with Crippen LogP contribution in [-0.2, 0) is 10.8 Å². The van der Waals surface area contributed by atoms with Crippen molar-refractivity contribution in [1.82, 2.24) is 0 Å². The topological polar surface area (TPSA) is 129 Å². The van der Waals surface area contributed by atoms with E-state index < -0.39 is 10.8 Å². The molecule has 8 aromatic carbocycles. The second-order valence-corrected chi connectivity index (χ2v) is 23.7. The van der Waals surface area contributed by atoms with Crippen LogP contribution in [0.5, 0.6) is 0 Å². The molecule has 384 valence electrons. The molecule has 0 atom stereocenters. The van der Waals surface area contributed by atoms with Gasteiger partial charge in [-0.15, -0.1) is 22.7 Å². The number of aryl methyl sites for hydroxylation is 4. The van der Waals surface area contributed by atoms with Crippen LogP contribution in [0, 0.1) is 73.0 Å². The van der Waals surface area contributed by atoms with E-state index in [1.165, 1.54) is 20.5 Å². The predicted molar refractivity (Wildman–Crippen MR) is 327 cm³/mol. The summed E-state index contributed by atoms with van der Waals surface area (Å²) in [6, 6.07) is 71.1. The molecule has 0 bridgehead atoms. The van der Waals surface area contributed by atoms with Crippen LogP contribution in [0.2, 0.25) is 0 Å². The van der Waals surface area contributed by atoms with Gasteiger partial charge in [-0.3, -0.25) is 9.59 Å². The van der Waals surface area contributed by atoms with Gasteiger partial charge >= 0.3 is 0 Å². The average Bonchev–Trinajstić information content (AvgIpc) is 1.55. The van der Waals surface area contributed by atoms with Crippen molar-refractivity contribution < 1.29 is 9.59 Å². The van der Waals surface area contributed by atoms with Gasteiger partial charge in [0.05, 0.1) is 20.2 Å². The van der Waals surface area contributed by atoms with Crippen LogP contribution in [0.3, 0.4) is 0 Å². The molecule has 8 heteroatoms. The Morgan fingerprint density at radius 3 is 1.00 bits per heavy atom. The number of nitrogens with zero attached hydrogens (tertiary/aromatic N) is 4. The second kappa shape index (κ2) is 18.6. The van der Waals surface area contributed by atoms with Crippen molar-refractivity contribution >= 4 is 66.9 Å². The van der Waals surface area contributed by atoms with Crippen LogP contribution in [0.25, 0.3) is 53.6 Å². The van der Waals surface area contributed by atoms with E-state index in [4.69, 9.17) is 0 Å². The molecule has 0 spiro atoms. The van der Waals surface area contributed by atoms with Crippen molar-refractivity contribution in [2.75, 3.05) is 0 Å². The van der Waals surface area contributed by atoms with Crippen LogP contribution in [-0.4, -0.2) is 11.6 Å². The van der Waals surface area contributed by atoms with Gasteiger partial charge in [-0.05, 0) is 119 Å². The normalized spacial score (nSPS) is 15.5. The SMILES string of the molecule is Cc1ccc(C2(c3ccc(C)cc3)c3cc(C=C4C(=O)c5ccccc5C4=C(C#N)C#N)ccc3-c3sc4c5c(sc4c32)-c2ccc(C=C3C(=O)c4ccccc4C3=C(C#N)C#N)cc2C5(c2ccc(C)cc2)c2ccc(C)cc2)cc1. The number of hydrogen-bond donors (Lipinski definition) is 0. The maximum Gasteiger partial charge on any atom is 0.194 e. The fraction of sp³-hybridized carbons (Fsp3) is 0.0811. The Hall–Kier alpha value is -10.3. The third kappa shape index (κ3) is 6.94. The smallest absolute Gasteiger partial charge is 0.194 e. The average molecular weight is 1090 g/mol. The van der Waals surface area contributed by atoms with Gasteiger partial charge in [0.1, 0.15) is 35.4 Å². The Kier molecular flexibility index (Phi) is 11.4. The molecule has 2 aromatic heterocycles. The Morgan fingerprint density at radius 1 is 0.390 bits per heavy atom. The van der Waals surface area contributed by atoms with E-state index in [1.54, 1.807) is 36.4 Å². The van der Waals surface area contributed by atoms with Crippen LogP contribution >= 0.6 is 22.7 Å². The maximum absolute atomic E-state index is 14.4. The highest BCUT2D eigenvalue weighted by molar-refractivity contribution is 7.32. The van der Waals surface area contributed by atoms with E-state index in [1.807, 2.05) is 47.0 Å². The molecule has 0 saturated carbocycles. The van der Waals surface area contributed by atoms with Gasteiger partial charge in [-0.2, -0.15) is 21.0 Å². The molecule has 2 heterocycles. The number of hydrogen-bond acceptors (Lipinski definition) is 8. The zero-order valence-corrected chi connectivity index (χ0v) is 46.5. The lowest BCUT2D eigenvalue weighted by atomic mass is 9.66. The van der Waals surface area contributed by atoms with E-state index in [2.05, 4.69) is 185 Å². The Morgan fingerprint density at radius 2 is 0.695 bits per heavy atom. The molecule has 14 rings (SSSR count). The summed E-state index contributed by atoms with van der Waals surface area (Å²) in [4.78, 5) is 31.1. The van der Waals surface area contributed by atoms with Crippen molar-refractivity contribution in [2.24, 2.45) is 0 Å². The van der Waals surface area contributed by atoms with Crippen LogP contribution < -0.4 is 0 Å². The quantitative estimate of drug-likeness (QED) is 0.120. The zero-order chi connectivity index (χ0) is 56.3. The summed E-state index contributed by atoms with van der Waals surface area (Å²) in [5.41, 5.74) is 18.6. The highest BCUT2D eigenvalue weighted by Crippen LogP contribution is 2.68. The Bertz CT molecular complexity index is 4410. The number of carbonyl (C=O) groups is 2. The molecular formula is C74H44N4O2S2. The molecule has 0 aliphatic heterocycles. The van der Waals surface area contributed by atoms with Gasteiger partial charge in [-0.1, -0.05) is 192 Å². The third-order valence-electron chi connectivity index (χ3n) is 17.1. The van der Waals surface area contributed by atoms with Gasteiger partial charge < -0.3 is 0 Å². The minimum absolute atomic E-state index is 0.108. The maximum atomic E-state index is 14.4. The number of fused-ring (bicyclic) bond motifs is 11. The molecule has 4 aliphatic rings. The van der Waals surface area contributed by atoms with E-state index in [9.17, 15) is 30.6 Å². The second-order valence-electron chi connectivity index (χ2n) is 21.7. The largest absolute Gasteiger partial charge is 0.289 e. The number of thiophene rings is 2. The van der Waals surface area contributed by atoms with Gasteiger partial charge in [0.25, 0.3) is 0 Å². The number of ketones is 2. The number of rotatable bonds is 6. The number of carbonyl (C=O) groups excluding carboxylic acids is 2. The lowest BCUT2D eigenvalue weighted by molar-refractivity contribution is 0.103. The Balaban J connectivity index is 1.07. The van der Waals surface area contributed by atoms with E-state index in [0.717, 1.165) is 87.6 Å².